The fraction of sp³-hybridized carbons (Fsp3) is 0.0556. The second-order valence-corrected chi connectivity index (χ2v) is 8.92. The fourth-order valence-electron chi connectivity index (χ4n) is 2.19. The molecular formula is C18H10Cl4N2O3S2. The Morgan fingerprint density at radius 3 is 2.45 bits per heavy atom. The molecule has 1 aliphatic heterocycles. The first-order valence-corrected chi connectivity index (χ1v) is 10.6. The quantitative estimate of drug-likeness (QED) is 0.323. The lowest BCUT2D eigenvalue weighted by molar-refractivity contribution is -0.134. The molecule has 5 nitrogen and oxygen atoms in total. The van der Waals surface area contributed by atoms with Gasteiger partial charge in [0.2, 0.25) is 0 Å². The predicted molar refractivity (Wildman–Crippen MR) is 122 cm³/mol. The number of hydrogen-bond acceptors (Lipinski definition) is 5. The number of thioether (sulfide) groups is 1. The van der Waals surface area contributed by atoms with Crippen LogP contribution in [-0.2, 0) is 9.59 Å². The highest BCUT2D eigenvalue weighted by Crippen LogP contribution is 2.34. The van der Waals surface area contributed by atoms with Gasteiger partial charge in [-0.25, -0.2) is 0 Å². The van der Waals surface area contributed by atoms with Crippen LogP contribution in [0.25, 0.3) is 6.08 Å². The summed E-state index contributed by atoms with van der Waals surface area (Å²) in [4.78, 5) is 25.1. The van der Waals surface area contributed by atoms with Crippen molar-refractivity contribution in [2.24, 2.45) is 0 Å². The van der Waals surface area contributed by atoms with Gasteiger partial charge < -0.3 is 4.74 Å². The van der Waals surface area contributed by atoms with Gasteiger partial charge in [-0.15, -0.1) is 0 Å². The molecule has 1 aliphatic rings. The number of ether oxygens (including phenoxy) is 1. The van der Waals surface area contributed by atoms with E-state index in [0.29, 0.717) is 9.93 Å². The number of nitrogens with zero attached hydrogens (tertiary/aromatic N) is 1. The van der Waals surface area contributed by atoms with Crippen LogP contribution in [0.3, 0.4) is 0 Å². The zero-order valence-corrected chi connectivity index (χ0v) is 18.9. The number of carbonyl (C=O) groups excluding carboxylic acids is 2. The number of hydrazine groups is 1. The standard InChI is InChI=1S/C18H10Cl4N2O3S2/c19-10-3-1-9(2-4-10)5-15-17(26)24(18(28)29-15)23-16(25)8-27-14-7-12(21)11(20)6-13(14)22/h1-7H,8H2,(H,23,25). The highest BCUT2D eigenvalue weighted by Gasteiger charge is 2.33. The van der Waals surface area contributed by atoms with Crippen LogP contribution >= 0.6 is 70.4 Å². The van der Waals surface area contributed by atoms with Gasteiger partial charge in [-0.1, -0.05) is 70.3 Å². The maximum Gasteiger partial charge on any atom is 0.285 e. The lowest BCUT2D eigenvalue weighted by Crippen LogP contribution is -2.46. The molecule has 0 aromatic heterocycles. The summed E-state index contributed by atoms with van der Waals surface area (Å²) in [6.07, 6.45) is 1.66. The normalized spacial score (nSPS) is 15.2. The van der Waals surface area contributed by atoms with E-state index in [-0.39, 0.29) is 25.1 Å². The Labute approximate surface area is 195 Å². The van der Waals surface area contributed by atoms with E-state index in [1.165, 1.54) is 12.1 Å². The highest BCUT2D eigenvalue weighted by atomic mass is 35.5. The molecule has 11 heteroatoms. The summed E-state index contributed by atoms with van der Waals surface area (Å²) >= 11 is 29.9. The molecule has 0 saturated carbocycles. The summed E-state index contributed by atoms with van der Waals surface area (Å²) in [6, 6.07) is 9.75. The molecule has 1 saturated heterocycles. The lowest BCUT2D eigenvalue weighted by atomic mass is 10.2. The SMILES string of the molecule is O=C(COc1cc(Cl)c(Cl)cc1Cl)NN1C(=O)C(=Cc2ccc(Cl)cc2)SC1=S. The van der Waals surface area contributed by atoms with Gasteiger partial charge in [-0.2, -0.15) is 5.01 Å². The van der Waals surface area contributed by atoms with Gasteiger partial charge in [0, 0.05) is 11.1 Å². The molecule has 1 fully saturated rings. The third kappa shape index (κ3) is 5.57. The minimum Gasteiger partial charge on any atom is -0.482 e. The van der Waals surface area contributed by atoms with Crippen LogP contribution in [0.5, 0.6) is 5.75 Å². The second-order valence-electron chi connectivity index (χ2n) is 5.59. The van der Waals surface area contributed by atoms with Gasteiger partial charge in [0.15, 0.2) is 10.9 Å². The molecule has 0 radical (unpaired) electrons. The molecule has 1 N–H and O–H groups in total. The van der Waals surface area contributed by atoms with Gasteiger partial charge in [-0.3, -0.25) is 15.0 Å². The Balaban J connectivity index is 1.63. The van der Waals surface area contributed by atoms with E-state index >= 15 is 0 Å². The van der Waals surface area contributed by atoms with E-state index in [2.05, 4.69) is 5.43 Å². The van der Waals surface area contributed by atoms with Crippen LogP contribution in [0.2, 0.25) is 20.1 Å². The molecule has 2 aromatic carbocycles. The van der Waals surface area contributed by atoms with Gasteiger partial charge in [0.05, 0.1) is 20.0 Å². The summed E-state index contributed by atoms with van der Waals surface area (Å²) in [5, 5.41) is 2.27. The van der Waals surface area contributed by atoms with E-state index < -0.39 is 18.4 Å². The lowest BCUT2D eigenvalue weighted by Gasteiger charge is -2.16. The molecule has 1 heterocycles. The van der Waals surface area contributed by atoms with Crippen LogP contribution in [0.1, 0.15) is 5.56 Å². The number of halogens is 4. The van der Waals surface area contributed by atoms with Crippen molar-refractivity contribution in [2.45, 2.75) is 0 Å². The summed E-state index contributed by atoms with van der Waals surface area (Å²) in [7, 11) is 0. The van der Waals surface area contributed by atoms with Gasteiger partial charge in [-0.05, 0) is 42.1 Å². The summed E-state index contributed by atoms with van der Waals surface area (Å²) in [6.45, 7) is -0.412. The third-order valence-electron chi connectivity index (χ3n) is 3.53. The number of hydrogen-bond donors (Lipinski definition) is 1. The average Bonchev–Trinajstić information content (AvgIpc) is 2.93. The number of rotatable bonds is 5. The molecule has 29 heavy (non-hydrogen) atoms. The van der Waals surface area contributed by atoms with E-state index in [9.17, 15) is 9.59 Å². The van der Waals surface area contributed by atoms with E-state index in [4.69, 9.17) is 63.4 Å². The van der Waals surface area contributed by atoms with Crippen molar-refractivity contribution in [3.63, 3.8) is 0 Å². The molecule has 150 valence electrons. The molecule has 0 unspecified atom stereocenters. The average molecular weight is 508 g/mol. The fourth-order valence-corrected chi connectivity index (χ4v) is 4.09. The Kier molecular flexibility index (Phi) is 7.32. The molecule has 0 aliphatic carbocycles. The Morgan fingerprint density at radius 2 is 1.76 bits per heavy atom. The van der Waals surface area contributed by atoms with Crippen molar-refractivity contribution >= 4 is 92.6 Å². The molecule has 2 aromatic rings. The van der Waals surface area contributed by atoms with Crippen molar-refractivity contribution in [1.82, 2.24) is 10.4 Å². The zero-order valence-electron chi connectivity index (χ0n) is 14.2. The number of nitrogens with one attached hydrogen (secondary N) is 1. The van der Waals surface area contributed by atoms with Crippen molar-refractivity contribution in [3.8, 4) is 5.75 Å². The van der Waals surface area contributed by atoms with Crippen LogP contribution < -0.4 is 10.2 Å². The molecule has 2 amide bonds. The van der Waals surface area contributed by atoms with E-state index in [1.807, 2.05) is 0 Å². The molecule has 0 atom stereocenters. The Hall–Kier alpha value is -1.48. The van der Waals surface area contributed by atoms with Crippen molar-refractivity contribution < 1.29 is 14.3 Å². The maximum atomic E-state index is 12.5. The third-order valence-corrected chi connectivity index (χ3v) is 6.10. The number of benzene rings is 2. The topological polar surface area (TPSA) is 58.6 Å². The number of amides is 2. The molecular weight excluding hydrogens is 498 g/mol. The van der Waals surface area contributed by atoms with Crippen molar-refractivity contribution in [3.05, 3.63) is 67.0 Å². The number of carbonyl (C=O) groups is 2. The Bertz CT molecular complexity index is 1030. The molecule has 0 bridgehead atoms. The smallest absolute Gasteiger partial charge is 0.285 e. The maximum absolute atomic E-state index is 12.5. The van der Waals surface area contributed by atoms with Crippen LogP contribution in [-0.4, -0.2) is 27.8 Å². The molecule has 0 spiro atoms. The minimum absolute atomic E-state index is 0.184. The van der Waals surface area contributed by atoms with Crippen LogP contribution in [0, 0.1) is 0 Å². The van der Waals surface area contributed by atoms with Crippen molar-refractivity contribution in [1.29, 1.82) is 0 Å². The minimum atomic E-state index is -0.601. The second kappa shape index (κ2) is 9.55. The van der Waals surface area contributed by atoms with Crippen LogP contribution in [0.15, 0.2) is 41.3 Å². The largest absolute Gasteiger partial charge is 0.482 e. The first-order valence-electron chi connectivity index (χ1n) is 7.85. The van der Waals surface area contributed by atoms with E-state index in [1.54, 1.807) is 30.3 Å². The van der Waals surface area contributed by atoms with Gasteiger partial charge >= 0.3 is 0 Å². The zero-order chi connectivity index (χ0) is 21.1. The van der Waals surface area contributed by atoms with Crippen molar-refractivity contribution in [2.75, 3.05) is 6.61 Å². The number of thiocarbonyl (C=S) groups is 1. The molecule has 3 rings (SSSR count). The highest BCUT2D eigenvalue weighted by molar-refractivity contribution is 8.26. The monoisotopic (exact) mass is 506 g/mol. The van der Waals surface area contributed by atoms with Gasteiger partial charge in [0.25, 0.3) is 11.8 Å². The summed E-state index contributed by atoms with van der Waals surface area (Å²) < 4.78 is 5.54. The first-order chi connectivity index (χ1) is 13.7. The summed E-state index contributed by atoms with van der Waals surface area (Å²) in [5.41, 5.74) is 3.19. The van der Waals surface area contributed by atoms with Gasteiger partial charge in [0.1, 0.15) is 5.75 Å². The Morgan fingerprint density at radius 1 is 1.10 bits per heavy atom. The first kappa shape index (κ1) is 22.2. The predicted octanol–water partition coefficient (Wildman–Crippen LogP) is 5.61. The summed E-state index contributed by atoms with van der Waals surface area (Å²) in [5.74, 6) is -0.865. The van der Waals surface area contributed by atoms with E-state index in [0.717, 1.165) is 22.3 Å². The van der Waals surface area contributed by atoms with Crippen LogP contribution in [0.4, 0.5) is 0 Å².